The van der Waals surface area contributed by atoms with Gasteiger partial charge in [-0.3, -0.25) is 33.6 Å². The van der Waals surface area contributed by atoms with Gasteiger partial charge >= 0.3 is 17.9 Å². The van der Waals surface area contributed by atoms with Crippen molar-refractivity contribution in [2.24, 2.45) is 46.7 Å². The molecule has 1 amide bonds. The summed E-state index contributed by atoms with van der Waals surface area (Å²) in [6, 6.07) is -0.319. The van der Waals surface area contributed by atoms with Crippen molar-refractivity contribution < 1.29 is 222 Å². The van der Waals surface area contributed by atoms with Gasteiger partial charge in [-0.15, -0.1) is 11.3 Å². The molecule has 838 valence electrons. The lowest BCUT2D eigenvalue weighted by Gasteiger charge is -2.50. The van der Waals surface area contributed by atoms with Gasteiger partial charge in [-0.2, -0.15) is 23.5 Å². The highest BCUT2D eigenvalue weighted by molar-refractivity contribution is 7.99. The molecule has 21 saturated heterocycles. The van der Waals surface area contributed by atoms with E-state index in [0.717, 1.165) is 71.9 Å². The fourth-order valence-corrected chi connectivity index (χ4v) is 22.9. The molecule has 44 atom stereocenters. The van der Waals surface area contributed by atoms with E-state index >= 15 is 0 Å². The topological polar surface area (TPSA) is 766 Å². The predicted octanol–water partition coefficient (Wildman–Crippen LogP) is -5.13. The SMILES string of the molecule is C/C(=C\c1csc(C)n1)[C@@H]1C[C@@H]2O[C@]2(C)CCC[C@H](C)[C@H](O)[C@@H](C)C(=O)C(C)(C)[C@@H](OC(=O)CCCCCN)CC(=O)N1.CCC(CSCC1O[C@@H]2O[C@@H]3C(CO)O[C@H](O[C@@H]4C(CO)O[C@H](O[C@H]5C(CO)O[C@H](O[C@@H]6C(CSCC(CC(=O)CCOCCOCCC(C)=O)C(=O)O)O[C@H](O[C@@H]7C(CO)C[C@H](O[C@@H]8C(CO)C[C@H](O[C@H]1[C@H](O)C2O)C(O)[C@H]8O)C(O)[C@H]7O)C(O)[C@H]6O)C(O)[C@H]5O)C(O)[C@H]4O)C(O)[C@H]3O)C(=O)O. The lowest BCUT2D eigenvalue weighted by Crippen LogP contribution is -2.68. The van der Waals surface area contributed by atoms with Crippen LogP contribution >= 0.6 is 34.9 Å². The first-order chi connectivity index (χ1) is 69.2. The summed E-state index contributed by atoms with van der Waals surface area (Å²) < 4.78 is 94.9. The monoisotopic (exact) mass is 2150 g/mol. The molecule has 23 aliphatic rings. The number of aryl methyl sites for hydroxylation is 1. The zero-order valence-electron chi connectivity index (χ0n) is 83.5. The zero-order chi connectivity index (χ0) is 107. The maximum atomic E-state index is 13.9. The molecule has 0 spiro atoms. The van der Waals surface area contributed by atoms with E-state index in [1.54, 1.807) is 39.0 Å². The van der Waals surface area contributed by atoms with Crippen molar-refractivity contribution in [2.45, 2.75) is 391 Å². The van der Waals surface area contributed by atoms with Crippen molar-refractivity contribution in [1.82, 2.24) is 10.3 Å². The molecule has 1 aromatic heterocycles. The van der Waals surface area contributed by atoms with Crippen LogP contribution in [0.4, 0.5) is 0 Å². The van der Waals surface area contributed by atoms with Crippen molar-refractivity contribution in [3.63, 3.8) is 0 Å². The number of carboxylic acids is 2. The average molecular weight is 2160 g/mol. The number of thiazole rings is 1. The number of Topliss-reactive ketones (excluding diaryl/α,β-unsaturated/α-hetero) is 3. The number of esters is 1. The highest BCUT2D eigenvalue weighted by atomic mass is 32.2. The number of aliphatic hydroxyl groups excluding tert-OH is 20. The van der Waals surface area contributed by atoms with E-state index in [-0.39, 0.29) is 117 Å². The van der Waals surface area contributed by atoms with Crippen LogP contribution in [0.25, 0.3) is 6.08 Å². The van der Waals surface area contributed by atoms with Gasteiger partial charge in [-0.05, 0) is 111 Å². The standard InChI is InChI=1S/C62H102O39S2.C33H53N3O6S/c1-3-23(56(84)85)18-102-20-33-54-42(77)47(82)62(95-33)100-53-32(17-67)93-59(45(80)40(53)75)98-51-30(15-65)92-58(44(79)39(51)74)99-52-31(16-66)94-60(46(81)41(52)76)101-55-34(21-103-19-26(57(86)87)10-27(69)5-7-89-9-8-88-6-4-22(2)68)96-61(48(83)43(55)78)97-50-25(14-64)12-28(35(70)38(50)73)90-49-24(13-63)11-29(91-54)36(71)37(49)72;1-20-12-11-14-33(7)27(42-33)17-25(21(2)16-24-19-43-23(4)35-24)36-28(37)18-26(41-29(38)13-9-8-10-15-34)32(5,6)31(40)22(3)30(20)39/h23-26,28-55,58-67,70-83H,3-21H2,1-2H3,(H,84,85)(H,86,87);16,19-20,22,25-27,30,39H,8-15,17-18,34H2,1-7H3,(H,36,37)/b;21-16+/t23?,24?,25?,26?,28-,29-,30?,31?,32?,33?,34?,35?,36?,37+,38+,39+,40+,41+,42+,43+,44?,45?,46?,47?,48?,49+,50+,51+,52-,53+,54+,55+,58+,59+,60+,61+,62+;20-,22+,25-,26-,27-,30-,33+/m00/s1. The Morgan fingerprint density at radius 1 is 0.527 bits per heavy atom. The summed E-state index contributed by atoms with van der Waals surface area (Å²) in [5.41, 5.74) is 5.88. The molecule has 21 aliphatic heterocycles. The normalized spacial score (nSPS) is 41.2. The number of aromatic nitrogens is 1. The molecule has 14 bridgehead atoms. The highest BCUT2D eigenvalue weighted by Crippen LogP contribution is 2.47. The number of carbonyl (C=O) groups excluding carboxylic acids is 5. The predicted molar refractivity (Wildman–Crippen MR) is 508 cm³/mol. The molecule has 1 aromatic rings. The molecule has 51 heteroatoms. The van der Waals surface area contributed by atoms with Gasteiger partial charge in [0.1, 0.15) is 158 Å². The summed E-state index contributed by atoms with van der Waals surface area (Å²) in [6.45, 7) is 12.1. The van der Waals surface area contributed by atoms with E-state index < -0.39 is 331 Å². The molecule has 146 heavy (non-hydrogen) atoms. The molecule has 23 fully saturated rings. The second-order valence-electron chi connectivity index (χ2n) is 40.5. The van der Waals surface area contributed by atoms with Crippen LogP contribution in [-0.4, -0.2) is 480 Å². The number of carboxylic acid groups (broad SMARTS) is 2. The highest BCUT2D eigenvalue weighted by Gasteiger charge is 2.61. The smallest absolute Gasteiger partial charge is 0.307 e. The minimum Gasteiger partial charge on any atom is -0.481 e. The number of hydrogen-bond donors (Lipinski definition) is 24. The third-order valence-electron chi connectivity index (χ3n) is 29.2. The average Bonchev–Trinajstić information content (AvgIpc) is 1.55. The molecule has 22 heterocycles. The Kier molecular flexibility index (Phi) is 48.4. The van der Waals surface area contributed by atoms with E-state index in [4.69, 9.17) is 81.5 Å². The summed E-state index contributed by atoms with van der Waals surface area (Å²) in [7, 11) is 0. The molecule has 25 N–H and O–H groups in total. The van der Waals surface area contributed by atoms with Gasteiger partial charge in [0.2, 0.25) is 5.91 Å². The fraction of sp³-hybridized carbons (Fsp3) is 0.874. The third kappa shape index (κ3) is 31.9. The molecule has 2 aliphatic carbocycles. The number of nitrogens with one attached hydrogen (secondary N) is 1. The number of rotatable bonds is 35. The van der Waals surface area contributed by atoms with Crippen molar-refractivity contribution >= 4 is 82.1 Å². The van der Waals surface area contributed by atoms with Gasteiger partial charge in [0, 0.05) is 91.5 Å². The van der Waals surface area contributed by atoms with Crippen LogP contribution in [0.1, 0.15) is 162 Å². The lowest BCUT2D eigenvalue weighted by molar-refractivity contribution is -0.393. The Bertz CT molecular complexity index is 4240. The van der Waals surface area contributed by atoms with Crippen molar-refractivity contribution in [1.29, 1.82) is 0 Å². The third-order valence-corrected chi connectivity index (χ3v) is 32.4. The minimum atomic E-state index is -2.28. The van der Waals surface area contributed by atoms with Crippen molar-refractivity contribution in [3.8, 4) is 0 Å². The van der Waals surface area contributed by atoms with Crippen LogP contribution < -0.4 is 11.1 Å². The van der Waals surface area contributed by atoms with Crippen LogP contribution in [0.5, 0.6) is 0 Å². The number of aliphatic hydroxyl groups is 20. The van der Waals surface area contributed by atoms with Crippen LogP contribution in [0, 0.1) is 47.8 Å². The first-order valence-corrected chi connectivity index (χ1v) is 53.3. The number of nitrogens with two attached hydrogens (primary N) is 1. The number of ether oxygens (including phenoxy) is 16. The van der Waals surface area contributed by atoms with Gasteiger partial charge in [0.25, 0.3) is 0 Å². The Morgan fingerprint density at radius 3 is 1.38 bits per heavy atom. The summed E-state index contributed by atoms with van der Waals surface area (Å²) >= 11 is 3.39. The number of aliphatic carboxylic acids is 2. The molecule has 2 saturated carbocycles. The summed E-state index contributed by atoms with van der Waals surface area (Å²) in [5.74, 6) is -10.7. The largest absolute Gasteiger partial charge is 0.481 e. The molecule has 0 radical (unpaired) electrons. The number of hydrogen-bond acceptors (Lipinski definition) is 48. The second kappa shape index (κ2) is 57.3. The summed E-state index contributed by atoms with van der Waals surface area (Å²) in [4.78, 5) is 93.9. The maximum absolute atomic E-state index is 13.9. The Hall–Kier alpha value is -4.48. The molecule has 48 nitrogen and oxygen atoms in total. The number of amides is 1. The van der Waals surface area contributed by atoms with E-state index in [1.807, 2.05) is 32.2 Å². The van der Waals surface area contributed by atoms with Crippen LogP contribution in [0.2, 0.25) is 0 Å². The van der Waals surface area contributed by atoms with Crippen LogP contribution in [0.15, 0.2) is 11.0 Å². The molecule has 16 unspecified atom stereocenters. The Balaban J connectivity index is 0.000000422. The number of thioether (sulfide) groups is 2. The van der Waals surface area contributed by atoms with E-state index in [1.165, 1.54) is 6.92 Å². The van der Waals surface area contributed by atoms with E-state index in [9.17, 15) is 146 Å². The number of unbranched alkanes of at least 4 members (excludes halogenated alkanes) is 2. The number of fused-ring (bicyclic) bond motifs is 1. The molecule has 24 rings (SSSR count). The first kappa shape index (κ1) is 123. The maximum Gasteiger partial charge on any atom is 0.307 e. The van der Waals surface area contributed by atoms with E-state index in [0.29, 0.717) is 19.4 Å². The van der Waals surface area contributed by atoms with Crippen LogP contribution in [0.3, 0.4) is 0 Å². The van der Waals surface area contributed by atoms with Gasteiger partial charge in [-0.1, -0.05) is 33.6 Å². The van der Waals surface area contributed by atoms with Gasteiger partial charge in [0.15, 0.2) is 31.5 Å². The lowest BCUT2D eigenvalue weighted by atomic mass is 9.72. The minimum absolute atomic E-state index is 0.0226. The van der Waals surface area contributed by atoms with Crippen molar-refractivity contribution in [3.05, 3.63) is 21.7 Å². The number of epoxide rings is 1. The number of carbonyl (C=O) groups is 7. The van der Waals surface area contributed by atoms with Gasteiger partial charge in [-0.25, -0.2) is 4.98 Å². The number of ketones is 3. The zero-order valence-corrected chi connectivity index (χ0v) is 85.9. The van der Waals surface area contributed by atoms with Gasteiger partial charge < -0.3 is 199 Å². The Morgan fingerprint density at radius 2 is 0.952 bits per heavy atom. The van der Waals surface area contributed by atoms with Crippen LogP contribution in [-0.2, 0) is 109 Å². The quantitative estimate of drug-likeness (QED) is 0.0172. The molecule has 0 aromatic carbocycles. The van der Waals surface area contributed by atoms with Crippen molar-refractivity contribution in [2.75, 3.05) is 89.0 Å². The number of nitrogens with zero attached hydrogens (tertiary/aromatic N) is 1. The molecular formula is C95H155N3O45S3. The second-order valence-corrected chi connectivity index (χ2v) is 43.7. The van der Waals surface area contributed by atoms with Gasteiger partial charge in [0.05, 0.1) is 141 Å². The first-order valence-electron chi connectivity index (χ1n) is 50.1. The summed E-state index contributed by atoms with van der Waals surface area (Å²) in [6.07, 6.45) is -60.7. The van der Waals surface area contributed by atoms with E-state index in [2.05, 4.69) is 17.2 Å². The molecular weight excluding hydrogens is 2000 g/mol. The Labute approximate surface area is 858 Å². The fourth-order valence-electron chi connectivity index (χ4n) is 19.9. The summed E-state index contributed by atoms with van der Waals surface area (Å²) in [5, 5.41) is 256.